The summed E-state index contributed by atoms with van der Waals surface area (Å²) in [5, 5.41) is 23.6. The van der Waals surface area contributed by atoms with Crippen LogP contribution in [0, 0.1) is 52.0 Å². The molecule has 5 atom stereocenters. The molecule has 10 heteroatoms. The molecule has 4 saturated carbocycles. The molecule has 3 aromatic heterocycles. The summed E-state index contributed by atoms with van der Waals surface area (Å²) in [6.45, 7) is 0. The Morgan fingerprint density at radius 3 is 2.79 bits per heavy atom. The second-order valence-corrected chi connectivity index (χ2v) is 10.4. The van der Waals surface area contributed by atoms with E-state index >= 15 is 4.39 Å². The number of nitrogens with one attached hydrogen (secondary N) is 2. The van der Waals surface area contributed by atoms with E-state index < -0.39 is 34.9 Å². The average Bonchev–Trinajstić information content (AvgIpc) is 3.33. The molecule has 7 nitrogen and oxygen atoms in total. The Morgan fingerprint density at radius 2 is 2.11 bits per heavy atom. The molecule has 0 radical (unpaired) electrons. The Hall–Kier alpha value is -4.39. The molecule has 4 fully saturated rings. The van der Waals surface area contributed by atoms with Crippen molar-refractivity contribution in [2.45, 2.75) is 25.3 Å². The summed E-state index contributed by atoms with van der Waals surface area (Å²) in [6, 6.07) is 6.57. The van der Waals surface area contributed by atoms with E-state index in [-0.39, 0.29) is 56.9 Å². The van der Waals surface area contributed by atoms with Gasteiger partial charge in [-0.3, -0.25) is 9.78 Å². The Labute approximate surface area is 214 Å². The number of rotatable bonds is 5. The van der Waals surface area contributed by atoms with Crippen molar-refractivity contribution >= 4 is 22.7 Å². The maximum atomic E-state index is 16.2. The number of nitrogens with zero attached hydrogens (tertiary/aromatic N) is 3. The lowest BCUT2D eigenvalue weighted by Gasteiger charge is -2.74. The maximum absolute atomic E-state index is 16.2. The fourth-order valence-corrected chi connectivity index (χ4v) is 7.37. The van der Waals surface area contributed by atoms with Gasteiger partial charge in [0.25, 0.3) is 0 Å². The number of aromatic nitrogens is 3. The first-order valence-electron chi connectivity index (χ1n) is 12.4. The normalized spacial score (nSPS) is 26.8. The van der Waals surface area contributed by atoms with Crippen molar-refractivity contribution in [3.8, 4) is 28.5 Å². The zero-order valence-electron chi connectivity index (χ0n) is 19.8. The number of aliphatic carboxylic acids is 1. The summed E-state index contributed by atoms with van der Waals surface area (Å²) in [7, 11) is 0. The van der Waals surface area contributed by atoms with Gasteiger partial charge in [-0.2, -0.15) is 5.26 Å². The van der Waals surface area contributed by atoms with Crippen LogP contribution in [0.3, 0.4) is 0 Å². The number of benzene rings is 1. The van der Waals surface area contributed by atoms with Crippen LogP contribution in [0.15, 0.2) is 42.9 Å². The third kappa shape index (κ3) is 2.76. The van der Waals surface area contributed by atoms with E-state index in [0.29, 0.717) is 5.56 Å². The van der Waals surface area contributed by atoms with Crippen molar-refractivity contribution < 1.29 is 23.1 Å². The van der Waals surface area contributed by atoms with E-state index in [2.05, 4.69) is 20.3 Å². The zero-order chi connectivity index (χ0) is 26.3. The third-order valence-electron chi connectivity index (χ3n) is 8.96. The number of nitriles is 1. The largest absolute Gasteiger partial charge is 0.481 e. The Bertz CT molecular complexity index is 1690. The highest BCUT2D eigenvalue weighted by Gasteiger charge is 2.78. The molecule has 3 N–H and O–H groups in total. The van der Waals surface area contributed by atoms with Gasteiger partial charge in [0.1, 0.15) is 17.7 Å². The lowest BCUT2D eigenvalue weighted by molar-refractivity contribution is -0.248. The lowest BCUT2D eigenvalue weighted by Crippen LogP contribution is -2.79. The minimum absolute atomic E-state index is 0.0190. The molecular formula is C28H20F3N5O2. The molecule has 190 valence electrons. The van der Waals surface area contributed by atoms with Gasteiger partial charge in [0.2, 0.25) is 0 Å². The second kappa shape index (κ2) is 7.81. The maximum Gasteiger partial charge on any atom is 0.312 e. The van der Waals surface area contributed by atoms with Crippen molar-refractivity contribution in [1.29, 1.82) is 5.26 Å². The molecule has 0 spiro atoms. The van der Waals surface area contributed by atoms with Crippen molar-refractivity contribution in [2.75, 3.05) is 5.32 Å². The molecule has 3 heterocycles. The zero-order valence-corrected chi connectivity index (χ0v) is 19.8. The van der Waals surface area contributed by atoms with E-state index in [4.69, 9.17) is 0 Å². The van der Waals surface area contributed by atoms with E-state index in [1.54, 1.807) is 12.1 Å². The number of halogens is 3. The van der Waals surface area contributed by atoms with Gasteiger partial charge < -0.3 is 15.4 Å². The number of anilines is 1. The molecule has 1 aromatic carbocycles. The van der Waals surface area contributed by atoms with Crippen LogP contribution in [0.4, 0.5) is 19.0 Å². The van der Waals surface area contributed by atoms with Crippen molar-refractivity contribution in [3.63, 3.8) is 0 Å². The number of carboxylic acids is 1. The highest BCUT2D eigenvalue weighted by molar-refractivity contribution is 5.98. The number of carboxylic acid groups (broad SMARTS) is 1. The fourth-order valence-electron chi connectivity index (χ4n) is 7.37. The molecule has 0 aliphatic heterocycles. The molecule has 4 bridgehead atoms. The van der Waals surface area contributed by atoms with Gasteiger partial charge in [-0.15, -0.1) is 0 Å². The SMILES string of the molecule is N#Cc1c(-c2c[nH]c3c(F)cc(F)cc23)nc(N[C@H]2C3CCC4CC3[C@@]42C(=O)O)c(F)c1-c1cccnc1. The summed E-state index contributed by atoms with van der Waals surface area (Å²) < 4.78 is 44.9. The van der Waals surface area contributed by atoms with Crippen LogP contribution in [0.25, 0.3) is 33.3 Å². The van der Waals surface area contributed by atoms with Gasteiger partial charge in [-0.1, -0.05) is 6.07 Å². The second-order valence-electron chi connectivity index (χ2n) is 10.4. The molecule has 4 aliphatic carbocycles. The summed E-state index contributed by atoms with van der Waals surface area (Å²) in [5.41, 5.74) is -0.595. The smallest absolute Gasteiger partial charge is 0.312 e. The minimum Gasteiger partial charge on any atom is -0.481 e. The monoisotopic (exact) mass is 515 g/mol. The van der Waals surface area contributed by atoms with E-state index in [0.717, 1.165) is 31.4 Å². The summed E-state index contributed by atoms with van der Waals surface area (Å²) in [6.07, 6.45) is 6.86. The molecule has 3 unspecified atom stereocenters. The van der Waals surface area contributed by atoms with Crippen LogP contribution in [-0.2, 0) is 4.79 Å². The topological polar surface area (TPSA) is 115 Å². The number of carbonyl (C=O) groups is 1. The minimum atomic E-state index is -0.966. The Balaban J connectivity index is 1.45. The predicted octanol–water partition coefficient (Wildman–Crippen LogP) is 5.49. The first-order chi connectivity index (χ1) is 18.4. The predicted molar refractivity (Wildman–Crippen MR) is 131 cm³/mol. The van der Waals surface area contributed by atoms with Crippen molar-refractivity contribution in [1.82, 2.24) is 15.0 Å². The molecule has 8 rings (SSSR count). The summed E-state index contributed by atoms with van der Waals surface area (Å²) >= 11 is 0. The number of aromatic amines is 1. The van der Waals surface area contributed by atoms with Crippen LogP contribution < -0.4 is 5.32 Å². The van der Waals surface area contributed by atoms with Gasteiger partial charge >= 0.3 is 5.97 Å². The standard InChI is InChI=1S/C28H20F3N5O2/c29-14-7-16-18(11-34-24(16)20(30)8-14)23-17(9-32)21(12-2-1-5-33-10-12)22(31)26(35-23)36-25-15-4-3-13-6-19(15)28(13,25)27(37)38/h1-2,5,7-8,10-11,13,15,19,25,34H,3-4,6H2,(H,35,36)(H,37,38)/t13?,15?,19?,25-,28-/m0/s1. The van der Waals surface area contributed by atoms with Crippen LogP contribution >= 0.6 is 0 Å². The Kier molecular flexibility index (Phi) is 4.68. The number of hydrogen-bond acceptors (Lipinski definition) is 5. The molecule has 4 aliphatic rings. The fraction of sp³-hybridized carbons (Fsp3) is 0.286. The Morgan fingerprint density at radius 1 is 1.26 bits per heavy atom. The van der Waals surface area contributed by atoms with E-state index in [9.17, 15) is 23.9 Å². The number of H-pyrrole nitrogens is 1. The van der Waals surface area contributed by atoms with Crippen LogP contribution in [-0.4, -0.2) is 32.1 Å². The first kappa shape index (κ1) is 22.8. The molecule has 4 aromatic rings. The van der Waals surface area contributed by atoms with Gasteiger partial charge in [0.15, 0.2) is 11.6 Å². The molecule has 38 heavy (non-hydrogen) atoms. The molecule has 0 saturated heterocycles. The highest BCUT2D eigenvalue weighted by atomic mass is 19.1. The van der Waals surface area contributed by atoms with E-state index in [1.165, 1.54) is 18.6 Å². The van der Waals surface area contributed by atoms with Crippen molar-refractivity contribution in [3.05, 3.63) is 65.9 Å². The summed E-state index contributed by atoms with van der Waals surface area (Å²) in [5.74, 6) is -3.39. The lowest BCUT2D eigenvalue weighted by atomic mass is 9.30. The van der Waals surface area contributed by atoms with E-state index in [1.807, 2.05) is 6.07 Å². The number of fused-ring (bicyclic) bond motifs is 2. The van der Waals surface area contributed by atoms with Gasteiger partial charge in [0, 0.05) is 52.8 Å². The number of pyridine rings is 2. The first-order valence-corrected chi connectivity index (χ1v) is 12.4. The quantitative estimate of drug-likeness (QED) is 0.324. The van der Waals surface area contributed by atoms with Gasteiger partial charge in [-0.05, 0) is 49.1 Å². The third-order valence-corrected chi connectivity index (χ3v) is 8.96. The highest BCUT2D eigenvalue weighted by Crippen LogP contribution is 2.74. The summed E-state index contributed by atoms with van der Waals surface area (Å²) in [4.78, 5) is 23.7. The molecule has 0 amide bonds. The van der Waals surface area contributed by atoms with Crippen LogP contribution in [0.1, 0.15) is 24.8 Å². The average molecular weight is 515 g/mol. The van der Waals surface area contributed by atoms with Crippen molar-refractivity contribution in [2.24, 2.45) is 23.2 Å². The molecular weight excluding hydrogens is 495 g/mol. The van der Waals surface area contributed by atoms with Gasteiger partial charge in [0.05, 0.1) is 22.2 Å². The van der Waals surface area contributed by atoms with Gasteiger partial charge in [-0.25, -0.2) is 18.2 Å². The number of hydrogen-bond donors (Lipinski definition) is 3. The van der Waals surface area contributed by atoms with Crippen LogP contribution in [0.5, 0.6) is 0 Å². The van der Waals surface area contributed by atoms with Crippen LogP contribution in [0.2, 0.25) is 0 Å².